The summed E-state index contributed by atoms with van der Waals surface area (Å²) >= 11 is 2.85. The molecule has 0 spiro atoms. The number of aryl methyl sites for hydroxylation is 1. The lowest BCUT2D eigenvalue weighted by Gasteiger charge is -2.11. The fourth-order valence-electron chi connectivity index (χ4n) is 4.25. The molecule has 0 unspecified atom stereocenters. The van der Waals surface area contributed by atoms with Crippen LogP contribution in [0.4, 0.5) is 10.7 Å². The number of thioether (sulfide) groups is 1. The van der Waals surface area contributed by atoms with Crippen molar-refractivity contribution >= 4 is 51.6 Å². The van der Waals surface area contributed by atoms with Crippen LogP contribution in [0.3, 0.4) is 0 Å². The van der Waals surface area contributed by atoms with Crippen molar-refractivity contribution < 1.29 is 23.9 Å². The molecule has 0 atom stereocenters. The molecule has 2 aromatic carbocycles. The second-order valence-corrected chi connectivity index (χ2v) is 10.8. The zero-order chi connectivity index (χ0) is 26.2. The van der Waals surface area contributed by atoms with Gasteiger partial charge in [-0.3, -0.25) is 9.59 Å². The van der Waals surface area contributed by atoms with Crippen molar-refractivity contribution in [2.45, 2.75) is 43.4 Å². The average molecular weight is 539 g/mol. The Morgan fingerprint density at radius 1 is 0.946 bits per heavy atom. The van der Waals surface area contributed by atoms with Crippen LogP contribution in [0.5, 0.6) is 5.75 Å². The fraction of sp³-hybridized carbons (Fsp3) is 0.321. The molecule has 0 radical (unpaired) electrons. The molecule has 0 saturated heterocycles. The number of amides is 2. The first-order valence-corrected chi connectivity index (χ1v) is 14.0. The van der Waals surface area contributed by atoms with Gasteiger partial charge in [-0.1, -0.05) is 18.9 Å². The predicted octanol–water partition coefficient (Wildman–Crippen LogP) is 6.19. The van der Waals surface area contributed by atoms with Gasteiger partial charge in [0.1, 0.15) is 10.8 Å². The average Bonchev–Trinajstić information content (AvgIpc) is 3.22. The maximum Gasteiger partial charge on any atom is 0.341 e. The van der Waals surface area contributed by atoms with E-state index in [-0.39, 0.29) is 17.6 Å². The molecule has 1 aliphatic rings. The number of fused-ring (bicyclic) bond motifs is 1. The third-order valence-corrected chi connectivity index (χ3v) is 8.33. The van der Waals surface area contributed by atoms with Crippen LogP contribution in [0.2, 0.25) is 0 Å². The highest BCUT2D eigenvalue weighted by molar-refractivity contribution is 8.00. The van der Waals surface area contributed by atoms with Gasteiger partial charge in [-0.25, -0.2) is 4.79 Å². The summed E-state index contributed by atoms with van der Waals surface area (Å²) in [6.07, 6.45) is 6.20. The van der Waals surface area contributed by atoms with Gasteiger partial charge in [-0.05, 0) is 73.7 Å². The third kappa shape index (κ3) is 6.93. The molecular weight excluding hydrogens is 508 g/mol. The van der Waals surface area contributed by atoms with Crippen molar-refractivity contribution in [3.63, 3.8) is 0 Å². The smallest absolute Gasteiger partial charge is 0.341 e. The van der Waals surface area contributed by atoms with Gasteiger partial charge in [-0.2, -0.15) is 0 Å². The zero-order valence-electron chi connectivity index (χ0n) is 20.9. The molecule has 4 rings (SSSR count). The van der Waals surface area contributed by atoms with Crippen molar-refractivity contribution in [1.82, 2.24) is 0 Å². The highest BCUT2D eigenvalue weighted by atomic mass is 32.2. The van der Waals surface area contributed by atoms with Gasteiger partial charge < -0.3 is 20.1 Å². The number of carbonyl (C=O) groups is 3. The van der Waals surface area contributed by atoms with E-state index in [1.807, 2.05) is 18.2 Å². The Labute approximate surface area is 224 Å². The van der Waals surface area contributed by atoms with E-state index in [9.17, 15) is 14.4 Å². The number of ether oxygens (including phenoxy) is 2. The number of anilines is 2. The lowest BCUT2D eigenvalue weighted by atomic mass is 9.96. The number of benzene rings is 2. The van der Waals surface area contributed by atoms with Crippen molar-refractivity contribution in [2.75, 3.05) is 30.6 Å². The molecule has 1 aliphatic carbocycles. The van der Waals surface area contributed by atoms with E-state index in [1.165, 1.54) is 41.5 Å². The molecular formula is C28H30N2O5S2. The Bertz CT molecular complexity index is 1270. The van der Waals surface area contributed by atoms with Gasteiger partial charge in [-0.15, -0.1) is 23.1 Å². The second-order valence-electron chi connectivity index (χ2n) is 8.66. The third-order valence-electron chi connectivity index (χ3n) is 6.13. The number of nitrogens with one attached hydrogen (secondary N) is 2. The van der Waals surface area contributed by atoms with E-state index in [0.717, 1.165) is 42.6 Å². The van der Waals surface area contributed by atoms with Crippen LogP contribution in [-0.4, -0.2) is 37.8 Å². The highest BCUT2D eigenvalue weighted by Gasteiger charge is 2.25. The van der Waals surface area contributed by atoms with Gasteiger partial charge >= 0.3 is 5.97 Å². The quantitative estimate of drug-likeness (QED) is 0.263. The van der Waals surface area contributed by atoms with Gasteiger partial charge in [0.05, 0.1) is 25.5 Å². The van der Waals surface area contributed by atoms with Gasteiger partial charge in [0, 0.05) is 21.0 Å². The molecule has 2 amide bonds. The molecule has 3 aromatic rings. The normalized spacial score (nSPS) is 13.0. The fourth-order valence-corrected chi connectivity index (χ4v) is 6.29. The Morgan fingerprint density at radius 3 is 2.43 bits per heavy atom. The minimum Gasteiger partial charge on any atom is -0.497 e. The van der Waals surface area contributed by atoms with Crippen molar-refractivity contribution in [3.8, 4) is 5.75 Å². The first-order chi connectivity index (χ1) is 18.0. The first kappa shape index (κ1) is 26.8. The van der Waals surface area contributed by atoms with E-state index < -0.39 is 5.97 Å². The molecule has 2 N–H and O–H groups in total. The van der Waals surface area contributed by atoms with Gasteiger partial charge in [0.2, 0.25) is 5.91 Å². The van der Waals surface area contributed by atoms with Gasteiger partial charge in [0.15, 0.2) is 0 Å². The summed E-state index contributed by atoms with van der Waals surface area (Å²) < 4.78 is 10.2. The molecule has 1 heterocycles. The van der Waals surface area contributed by atoms with Crippen LogP contribution in [0.1, 0.15) is 56.8 Å². The first-order valence-electron chi connectivity index (χ1n) is 12.2. The van der Waals surface area contributed by atoms with E-state index in [2.05, 4.69) is 10.6 Å². The van der Waals surface area contributed by atoms with Gasteiger partial charge in [0.25, 0.3) is 5.91 Å². The summed E-state index contributed by atoms with van der Waals surface area (Å²) in [5.41, 5.74) is 2.69. The predicted molar refractivity (Wildman–Crippen MR) is 148 cm³/mol. The number of methoxy groups -OCH3 is 2. The molecule has 194 valence electrons. The number of hydrogen-bond acceptors (Lipinski definition) is 7. The maximum atomic E-state index is 12.8. The van der Waals surface area contributed by atoms with Crippen molar-refractivity contribution in [1.29, 1.82) is 0 Å². The molecule has 1 aromatic heterocycles. The topological polar surface area (TPSA) is 93.7 Å². The van der Waals surface area contributed by atoms with E-state index >= 15 is 0 Å². The Morgan fingerprint density at radius 2 is 1.70 bits per heavy atom. The minimum atomic E-state index is -0.402. The maximum absolute atomic E-state index is 12.8. The number of rotatable bonds is 8. The summed E-state index contributed by atoms with van der Waals surface area (Å²) in [6, 6.07) is 14.2. The summed E-state index contributed by atoms with van der Waals surface area (Å²) in [6.45, 7) is 0. The Hall–Kier alpha value is -3.30. The molecule has 37 heavy (non-hydrogen) atoms. The van der Waals surface area contributed by atoms with E-state index in [1.54, 1.807) is 37.4 Å². The van der Waals surface area contributed by atoms with E-state index in [0.29, 0.717) is 27.6 Å². The molecule has 0 fully saturated rings. The largest absolute Gasteiger partial charge is 0.497 e. The van der Waals surface area contributed by atoms with Crippen LogP contribution < -0.4 is 15.4 Å². The van der Waals surface area contributed by atoms with Crippen LogP contribution in [0, 0.1) is 0 Å². The number of hydrogen-bond donors (Lipinski definition) is 2. The summed E-state index contributed by atoms with van der Waals surface area (Å²) in [4.78, 5) is 40.0. The lowest BCUT2D eigenvalue weighted by molar-refractivity contribution is -0.113. The van der Waals surface area contributed by atoms with Crippen LogP contribution in [-0.2, 0) is 22.4 Å². The standard InChI is InChI=1S/C28H30N2O5S2/c1-34-20-14-12-18(13-15-20)26(32)29-19-8-7-9-21(16-19)36-17-24(31)30-27-25(28(33)35-2)22-10-5-3-4-6-11-23(22)37-27/h7-9,12-16H,3-6,10-11,17H2,1-2H3,(H,29,32)(H,30,31). The SMILES string of the molecule is COC(=O)c1c(NC(=O)CSc2cccc(NC(=O)c3ccc(OC)cc3)c2)sc2c1CCCCCC2. The van der Waals surface area contributed by atoms with Crippen molar-refractivity contribution in [3.05, 3.63) is 70.1 Å². The molecule has 0 bridgehead atoms. The number of esters is 1. The Balaban J connectivity index is 1.39. The summed E-state index contributed by atoms with van der Waals surface area (Å²) in [5, 5.41) is 6.41. The second kappa shape index (κ2) is 12.8. The highest BCUT2D eigenvalue weighted by Crippen LogP contribution is 2.37. The van der Waals surface area contributed by atoms with Crippen LogP contribution >= 0.6 is 23.1 Å². The minimum absolute atomic E-state index is 0.166. The van der Waals surface area contributed by atoms with Crippen LogP contribution in [0.15, 0.2) is 53.4 Å². The van der Waals surface area contributed by atoms with Crippen LogP contribution in [0.25, 0.3) is 0 Å². The monoisotopic (exact) mass is 538 g/mol. The van der Waals surface area contributed by atoms with E-state index in [4.69, 9.17) is 9.47 Å². The molecule has 0 saturated carbocycles. The zero-order valence-corrected chi connectivity index (χ0v) is 22.6. The number of thiophene rings is 1. The number of carbonyl (C=O) groups excluding carboxylic acids is 3. The lowest BCUT2D eigenvalue weighted by Crippen LogP contribution is -2.16. The Kier molecular flexibility index (Phi) is 9.24. The summed E-state index contributed by atoms with van der Waals surface area (Å²) in [5.74, 6) is 0.0177. The molecule has 7 nitrogen and oxygen atoms in total. The molecule has 0 aliphatic heterocycles. The van der Waals surface area contributed by atoms with Crippen molar-refractivity contribution in [2.24, 2.45) is 0 Å². The summed E-state index contributed by atoms with van der Waals surface area (Å²) in [7, 11) is 2.95. The molecule has 9 heteroatoms.